The molecule has 0 aliphatic carbocycles. The first kappa shape index (κ1) is 42.2. The fraction of sp³-hybridized carbons (Fsp3) is 0.290. The highest BCUT2D eigenvalue weighted by atomic mass is 35.5. The van der Waals surface area contributed by atoms with Gasteiger partial charge in [-0.1, -0.05) is 24.3 Å². The number of carbonyl (C=O) groups is 6. The number of halogens is 2. The number of amides is 2. The van der Waals surface area contributed by atoms with Crippen LogP contribution in [0.3, 0.4) is 0 Å². The van der Waals surface area contributed by atoms with Crippen molar-refractivity contribution in [3.05, 3.63) is 59.7 Å². The number of hydrogen-bond acceptors (Lipinski definition) is 11. The minimum absolute atomic E-state index is 0. The lowest BCUT2D eigenvalue weighted by Crippen LogP contribution is -3.00. The Morgan fingerprint density at radius 3 is 1.55 bits per heavy atom. The van der Waals surface area contributed by atoms with Gasteiger partial charge in [-0.2, -0.15) is 0 Å². The van der Waals surface area contributed by atoms with Crippen molar-refractivity contribution in [3.8, 4) is 23.0 Å². The maximum absolute atomic E-state index is 12.4. The van der Waals surface area contributed by atoms with Crippen LogP contribution in [0.25, 0.3) is 12.2 Å². The number of hydrogen-bond donors (Lipinski definition) is 4. The molecule has 0 saturated heterocycles. The third-order valence-electron chi connectivity index (χ3n) is 6.15. The summed E-state index contributed by atoms with van der Waals surface area (Å²) in [4.78, 5) is 71.1. The number of nitrogens with two attached hydrogens (primary N) is 3. The fourth-order valence-corrected chi connectivity index (χ4v) is 3.64. The van der Waals surface area contributed by atoms with Crippen molar-refractivity contribution in [2.24, 2.45) is 17.2 Å². The Bertz CT molecular complexity index is 1390. The molecule has 256 valence electrons. The van der Waals surface area contributed by atoms with Crippen LogP contribution < -0.4 is 66.7 Å². The van der Waals surface area contributed by atoms with Crippen LogP contribution in [0.4, 0.5) is 0 Å². The highest BCUT2D eigenvalue weighted by molar-refractivity contribution is 6.10. The number of carbonyl (C=O) groups excluding carboxylic acids is 6. The van der Waals surface area contributed by atoms with Crippen molar-refractivity contribution < 1.29 is 78.3 Å². The summed E-state index contributed by atoms with van der Waals surface area (Å²) >= 11 is 0. The summed E-state index contributed by atoms with van der Waals surface area (Å²) in [5, 5.41) is 0. The summed E-state index contributed by atoms with van der Waals surface area (Å²) in [5.41, 5.74) is 20.7. The molecule has 2 atom stereocenters. The molecule has 16 heteroatoms. The van der Waals surface area contributed by atoms with Gasteiger partial charge in [0.15, 0.2) is 40.6 Å². The first-order valence-electron chi connectivity index (χ1n) is 13.7. The first-order valence-corrected chi connectivity index (χ1v) is 13.7. The molecule has 0 spiro atoms. The second kappa shape index (κ2) is 21.1. The molecular weight excluding hydrogens is 659 g/mol. The van der Waals surface area contributed by atoms with Crippen molar-refractivity contribution in [3.63, 3.8) is 0 Å². The van der Waals surface area contributed by atoms with E-state index in [2.05, 4.69) is 5.73 Å². The summed E-state index contributed by atoms with van der Waals surface area (Å²) in [5.74, 6) is -2.83. The summed E-state index contributed by atoms with van der Waals surface area (Å²) in [6.07, 6.45) is 5.13. The van der Waals surface area contributed by atoms with Gasteiger partial charge in [0.25, 0.3) is 0 Å². The second-order valence-electron chi connectivity index (χ2n) is 9.75. The topological polar surface area (TPSA) is 245 Å². The van der Waals surface area contributed by atoms with Gasteiger partial charge in [0.2, 0.25) is 11.8 Å². The number of methoxy groups -OCH3 is 2. The highest BCUT2D eigenvalue weighted by Crippen LogP contribution is 2.30. The zero-order chi connectivity index (χ0) is 33.5. The molecule has 0 bridgehead atoms. The monoisotopic (exact) mass is 695 g/mol. The van der Waals surface area contributed by atoms with E-state index in [1.807, 2.05) is 0 Å². The first-order chi connectivity index (χ1) is 21.3. The lowest BCUT2D eigenvalue weighted by molar-refractivity contribution is -0.408. The van der Waals surface area contributed by atoms with Crippen molar-refractivity contribution in [2.45, 2.75) is 44.2 Å². The Labute approximate surface area is 283 Å². The lowest BCUT2D eigenvalue weighted by atomic mass is 10.1. The van der Waals surface area contributed by atoms with Gasteiger partial charge in [-0.05, 0) is 54.0 Å². The van der Waals surface area contributed by atoms with Crippen LogP contribution >= 0.6 is 0 Å². The van der Waals surface area contributed by atoms with Gasteiger partial charge < -0.3 is 66.7 Å². The predicted octanol–water partition coefficient (Wildman–Crippen LogP) is -5.75. The molecule has 0 unspecified atom stereocenters. The van der Waals surface area contributed by atoms with Crippen LogP contribution in [0.5, 0.6) is 23.0 Å². The highest BCUT2D eigenvalue weighted by Gasteiger charge is 2.22. The predicted molar refractivity (Wildman–Crippen MR) is 161 cm³/mol. The Balaban J connectivity index is 0.0000106. The minimum Gasteiger partial charge on any atom is -1.00 e. The zero-order valence-corrected chi connectivity index (χ0v) is 27.3. The molecule has 14 nitrogen and oxygen atoms in total. The number of benzene rings is 2. The van der Waals surface area contributed by atoms with E-state index < -0.39 is 53.8 Å². The summed E-state index contributed by atoms with van der Waals surface area (Å²) in [7, 11) is 2.75. The van der Waals surface area contributed by atoms with Gasteiger partial charge >= 0.3 is 11.9 Å². The average Bonchev–Trinajstić information content (AvgIpc) is 3.00. The van der Waals surface area contributed by atoms with Crippen molar-refractivity contribution >= 4 is 47.5 Å². The number of allylic oxidation sites excluding steroid dienone is 2. The smallest absolute Gasteiger partial charge is 0.370 e. The van der Waals surface area contributed by atoms with Crippen LogP contribution in [0.15, 0.2) is 48.6 Å². The molecule has 2 aromatic carbocycles. The third kappa shape index (κ3) is 14.9. The van der Waals surface area contributed by atoms with Gasteiger partial charge in [0, 0.05) is 19.3 Å². The maximum Gasteiger partial charge on any atom is 0.370 e. The normalized spacial score (nSPS) is 11.8. The third-order valence-corrected chi connectivity index (χ3v) is 6.15. The summed E-state index contributed by atoms with van der Waals surface area (Å²) in [6.45, 7) is 0. The standard InChI is InChI=1S/C31H36N4O10.2ClH/c1-42-26-15-18(5-11-24(26)44-30(40)22(32)9-13-28(34)38)3-7-20(36)17-21(37)8-4-19-6-12-25(27(16-19)43-2)45-31(41)23(33)10-14-29(35)39;;/h3-8,11-12,15-16,22-23H,9-10,13-14,17,32-33H2,1-2H3,(H2,34,38)(H2,35,39);2*1H/p-1/b7-3+,8-4+;;/t22-,23-;;/m0../s1. The molecule has 0 radical (unpaired) electrons. The largest absolute Gasteiger partial charge is 1.00 e. The molecule has 2 amide bonds. The van der Waals surface area contributed by atoms with Crippen LogP contribution in [0, 0.1) is 0 Å². The van der Waals surface area contributed by atoms with Crippen molar-refractivity contribution in [2.75, 3.05) is 14.2 Å². The SMILES string of the molecule is COc1cc(/C=C/C(=O)CC(=O)/C=C/c2ccc(OC(=O)[C@@H]([NH3+])CCC(N)=O)c(OC)c2)ccc1OC(=O)[C@@H](N)CCC(N)=O.[Cl-].[Cl-]. The van der Waals surface area contributed by atoms with Crippen LogP contribution in [0.2, 0.25) is 0 Å². The molecule has 2 rings (SSSR count). The van der Waals surface area contributed by atoms with Crippen LogP contribution in [0.1, 0.15) is 43.2 Å². The van der Waals surface area contributed by atoms with E-state index in [-0.39, 0.29) is 73.5 Å². The van der Waals surface area contributed by atoms with E-state index in [1.165, 1.54) is 56.7 Å². The fourth-order valence-electron chi connectivity index (χ4n) is 3.64. The number of rotatable bonds is 18. The number of quaternary nitrogens is 1. The Morgan fingerprint density at radius 2 is 1.13 bits per heavy atom. The summed E-state index contributed by atoms with van der Waals surface area (Å²) in [6, 6.07) is 7.30. The number of esters is 2. The molecule has 9 N–H and O–H groups in total. The van der Waals surface area contributed by atoms with Gasteiger partial charge in [-0.3, -0.25) is 19.2 Å². The molecule has 0 aromatic heterocycles. The van der Waals surface area contributed by atoms with E-state index in [1.54, 1.807) is 18.2 Å². The van der Waals surface area contributed by atoms with Crippen molar-refractivity contribution in [1.29, 1.82) is 0 Å². The average molecular weight is 697 g/mol. The number of ether oxygens (including phenoxy) is 4. The minimum atomic E-state index is -1.05. The maximum atomic E-state index is 12.4. The molecule has 0 saturated carbocycles. The van der Waals surface area contributed by atoms with E-state index in [0.29, 0.717) is 11.1 Å². The Kier molecular flexibility index (Phi) is 19.0. The van der Waals surface area contributed by atoms with Crippen LogP contribution in [-0.4, -0.2) is 61.6 Å². The van der Waals surface area contributed by atoms with E-state index >= 15 is 0 Å². The second-order valence-corrected chi connectivity index (χ2v) is 9.75. The molecule has 0 heterocycles. The van der Waals surface area contributed by atoms with Crippen LogP contribution in [-0.2, 0) is 28.8 Å². The molecule has 0 aliphatic rings. The molecule has 0 fully saturated rings. The molecule has 0 aliphatic heterocycles. The Hall–Kier alpha value is -4.76. The molecular formula is C31H37Cl2N4O10-. The molecule has 2 aromatic rings. The number of primary amides is 2. The van der Waals surface area contributed by atoms with Gasteiger partial charge in [0.05, 0.1) is 20.6 Å². The van der Waals surface area contributed by atoms with Gasteiger partial charge in [-0.15, -0.1) is 0 Å². The summed E-state index contributed by atoms with van der Waals surface area (Å²) < 4.78 is 21.1. The van der Waals surface area contributed by atoms with E-state index in [9.17, 15) is 28.8 Å². The number of ketones is 2. The molecule has 47 heavy (non-hydrogen) atoms. The van der Waals surface area contributed by atoms with E-state index in [0.717, 1.165) is 0 Å². The van der Waals surface area contributed by atoms with Gasteiger partial charge in [0.1, 0.15) is 6.04 Å². The Morgan fingerprint density at radius 1 is 0.702 bits per heavy atom. The van der Waals surface area contributed by atoms with Crippen molar-refractivity contribution in [1.82, 2.24) is 0 Å². The zero-order valence-electron chi connectivity index (χ0n) is 25.7. The van der Waals surface area contributed by atoms with E-state index in [4.69, 9.17) is 36.1 Å². The quantitative estimate of drug-likeness (QED) is 0.0495. The lowest BCUT2D eigenvalue weighted by Gasteiger charge is -2.13. The van der Waals surface area contributed by atoms with Gasteiger partial charge in [-0.25, -0.2) is 9.59 Å².